The summed E-state index contributed by atoms with van der Waals surface area (Å²) >= 11 is 0. The molecule has 0 amide bonds. The summed E-state index contributed by atoms with van der Waals surface area (Å²) in [5.74, 6) is 1.38. The molecule has 112 valence electrons. The quantitative estimate of drug-likeness (QED) is 0.845. The number of unbranched alkanes of at least 4 members (excludes halogenated alkanes) is 1. The standard InChI is InChI=1S/C16H23N5/c1-4-6-11-21(3)15-12-17-20-16(19-15)18-14-10-8-7-9-13(14)5-2/h7-10,12H,4-6,11H2,1-3H3,(H,18,19,20). The molecule has 0 radical (unpaired) electrons. The molecule has 2 rings (SSSR count). The molecular formula is C16H23N5. The highest BCUT2D eigenvalue weighted by atomic mass is 15.3. The van der Waals surface area contributed by atoms with Gasteiger partial charge in [-0.05, 0) is 24.5 Å². The molecule has 0 spiro atoms. The zero-order valence-electron chi connectivity index (χ0n) is 13.0. The number of benzene rings is 1. The van der Waals surface area contributed by atoms with Crippen molar-refractivity contribution in [3.63, 3.8) is 0 Å². The summed E-state index contributed by atoms with van der Waals surface area (Å²) in [5, 5.41) is 11.4. The van der Waals surface area contributed by atoms with Gasteiger partial charge in [-0.1, -0.05) is 38.5 Å². The van der Waals surface area contributed by atoms with Crippen LogP contribution in [0.5, 0.6) is 0 Å². The highest BCUT2D eigenvalue weighted by molar-refractivity contribution is 5.59. The number of aryl methyl sites for hydroxylation is 1. The first kappa shape index (κ1) is 15.2. The van der Waals surface area contributed by atoms with Crippen molar-refractivity contribution in [1.82, 2.24) is 15.2 Å². The van der Waals surface area contributed by atoms with Gasteiger partial charge in [-0.3, -0.25) is 0 Å². The van der Waals surface area contributed by atoms with E-state index in [0.29, 0.717) is 5.95 Å². The van der Waals surface area contributed by atoms with E-state index in [1.165, 1.54) is 5.56 Å². The molecule has 5 nitrogen and oxygen atoms in total. The highest BCUT2D eigenvalue weighted by Crippen LogP contribution is 2.19. The van der Waals surface area contributed by atoms with Crippen molar-refractivity contribution in [2.45, 2.75) is 33.1 Å². The highest BCUT2D eigenvalue weighted by Gasteiger charge is 2.07. The summed E-state index contributed by atoms with van der Waals surface area (Å²) in [4.78, 5) is 6.64. The zero-order valence-corrected chi connectivity index (χ0v) is 13.0. The van der Waals surface area contributed by atoms with Crippen molar-refractivity contribution in [3.05, 3.63) is 36.0 Å². The monoisotopic (exact) mass is 285 g/mol. The van der Waals surface area contributed by atoms with Crippen LogP contribution >= 0.6 is 0 Å². The largest absolute Gasteiger partial charge is 0.358 e. The fourth-order valence-electron chi connectivity index (χ4n) is 2.11. The second-order valence-corrected chi connectivity index (χ2v) is 5.05. The molecular weight excluding hydrogens is 262 g/mol. The lowest BCUT2D eigenvalue weighted by Crippen LogP contribution is -2.20. The van der Waals surface area contributed by atoms with Crippen molar-refractivity contribution >= 4 is 17.5 Å². The van der Waals surface area contributed by atoms with Crippen LogP contribution in [0, 0.1) is 0 Å². The number of hydrogen-bond acceptors (Lipinski definition) is 5. The van der Waals surface area contributed by atoms with Crippen molar-refractivity contribution in [1.29, 1.82) is 0 Å². The van der Waals surface area contributed by atoms with Crippen LogP contribution in [0.4, 0.5) is 17.5 Å². The van der Waals surface area contributed by atoms with Crippen molar-refractivity contribution in [3.8, 4) is 0 Å². The number of nitrogens with one attached hydrogen (secondary N) is 1. The van der Waals surface area contributed by atoms with Gasteiger partial charge in [-0.2, -0.15) is 10.1 Å². The van der Waals surface area contributed by atoms with Crippen LogP contribution in [0.1, 0.15) is 32.3 Å². The second kappa shape index (κ2) is 7.57. The van der Waals surface area contributed by atoms with Gasteiger partial charge in [0.05, 0.1) is 6.20 Å². The van der Waals surface area contributed by atoms with Gasteiger partial charge in [0.1, 0.15) is 0 Å². The predicted molar refractivity (Wildman–Crippen MR) is 87.1 cm³/mol. The van der Waals surface area contributed by atoms with Crippen molar-refractivity contribution in [2.24, 2.45) is 0 Å². The van der Waals surface area contributed by atoms with Crippen LogP contribution in [0.15, 0.2) is 30.5 Å². The zero-order chi connectivity index (χ0) is 15.1. The number of anilines is 3. The molecule has 0 saturated heterocycles. The number of nitrogens with zero attached hydrogens (tertiary/aromatic N) is 4. The molecule has 0 aliphatic heterocycles. The lowest BCUT2D eigenvalue weighted by atomic mass is 10.1. The lowest BCUT2D eigenvalue weighted by molar-refractivity contribution is 0.754. The second-order valence-electron chi connectivity index (χ2n) is 5.05. The Hall–Kier alpha value is -2.17. The van der Waals surface area contributed by atoms with E-state index in [1.54, 1.807) is 6.20 Å². The molecule has 0 fully saturated rings. The van der Waals surface area contributed by atoms with Gasteiger partial charge in [0.15, 0.2) is 5.82 Å². The summed E-state index contributed by atoms with van der Waals surface area (Å²) in [7, 11) is 2.03. The molecule has 1 N–H and O–H groups in total. The smallest absolute Gasteiger partial charge is 0.249 e. The summed E-state index contributed by atoms with van der Waals surface area (Å²) in [6.45, 7) is 5.29. The molecule has 1 aromatic heterocycles. The molecule has 2 aromatic rings. The minimum Gasteiger partial charge on any atom is -0.358 e. The van der Waals surface area contributed by atoms with E-state index < -0.39 is 0 Å². The van der Waals surface area contributed by atoms with E-state index in [2.05, 4.69) is 45.3 Å². The number of rotatable bonds is 7. The van der Waals surface area contributed by atoms with E-state index in [1.807, 2.05) is 25.2 Å². The Balaban J connectivity index is 2.14. The van der Waals surface area contributed by atoms with Gasteiger partial charge in [-0.15, -0.1) is 5.10 Å². The molecule has 5 heteroatoms. The van der Waals surface area contributed by atoms with E-state index in [9.17, 15) is 0 Å². The van der Waals surface area contributed by atoms with E-state index >= 15 is 0 Å². The molecule has 1 heterocycles. The molecule has 0 aliphatic rings. The van der Waals surface area contributed by atoms with Gasteiger partial charge < -0.3 is 10.2 Å². The summed E-state index contributed by atoms with van der Waals surface area (Å²) in [6.07, 6.45) is 4.97. The topological polar surface area (TPSA) is 53.9 Å². The third-order valence-corrected chi connectivity index (χ3v) is 3.43. The third-order valence-electron chi connectivity index (χ3n) is 3.43. The molecule has 0 aliphatic carbocycles. The van der Waals surface area contributed by atoms with Crippen LogP contribution in [0.3, 0.4) is 0 Å². The number of para-hydroxylation sites is 1. The van der Waals surface area contributed by atoms with Crippen LogP contribution in [0.25, 0.3) is 0 Å². The molecule has 0 unspecified atom stereocenters. The number of aromatic nitrogens is 3. The summed E-state index contributed by atoms with van der Waals surface area (Å²) < 4.78 is 0. The van der Waals surface area contributed by atoms with E-state index in [0.717, 1.165) is 37.3 Å². The Morgan fingerprint density at radius 3 is 2.76 bits per heavy atom. The first-order chi connectivity index (χ1) is 10.2. The lowest BCUT2D eigenvalue weighted by Gasteiger charge is -2.17. The van der Waals surface area contributed by atoms with Crippen LogP contribution in [0.2, 0.25) is 0 Å². The van der Waals surface area contributed by atoms with E-state index in [-0.39, 0.29) is 0 Å². The Labute approximate surface area is 126 Å². The SMILES string of the molecule is CCCCN(C)c1cnnc(Nc2ccccc2CC)n1. The van der Waals surface area contributed by atoms with Gasteiger partial charge in [0, 0.05) is 19.3 Å². The van der Waals surface area contributed by atoms with Gasteiger partial charge in [0.2, 0.25) is 5.95 Å². The van der Waals surface area contributed by atoms with Crippen LogP contribution in [-0.4, -0.2) is 28.8 Å². The van der Waals surface area contributed by atoms with Crippen LogP contribution < -0.4 is 10.2 Å². The number of hydrogen-bond donors (Lipinski definition) is 1. The Kier molecular flexibility index (Phi) is 5.49. The predicted octanol–water partition coefficient (Wildman–Crippen LogP) is 3.41. The maximum absolute atomic E-state index is 4.54. The van der Waals surface area contributed by atoms with Crippen LogP contribution in [-0.2, 0) is 6.42 Å². The first-order valence-electron chi connectivity index (χ1n) is 7.50. The molecule has 0 bridgehead atoms. The summed E-state index contributed by atoms with van der Waals surface area (Å²) in [5.41, 5.74) is 2.28. The maximum atomic E-state index is 4.54. The maximum Gasteiger partial charge on any atom is 0.249 e. The van der Waals surface area contributed by atoms with E-state index in [4.69, 9.17) is 0 Å². The molecule has 1 aromatic carbocycles. The molecule has 0 saturated carbocycles. The minimum atomic E-state index is 0.539. The van der Waals surface area contributed by atoms with Crippen molar-refractivity contribution < 1.29 is 0 Å². The van der Waals surface area contributed by atoms with Gasteiger partial charge in [0.25, 0.3) is 0 Å². The van der Waals surface area contributed by atoms with Crippen molar-refractivity contribution in [2.75, 3.05) is 23.8 Å². The average molecular weight is 285 g/mol. The fourth-order valence-corrected chi connectivity index (χ4v) is 2.11. The average Bonchev–Trinajstić information content (AvgIpc) is 2.53. The van der Waals surface area contributed by atoms with Gasteiger partial charge in [-0.25, -0.2) is 0 Å². The minimum absolute atomic E-state index is 0.539. The first-order valence-corrected chi connectivity index (χ1v) is 7.50. The fraction of sp³-hybridized carbons (Fsp3) is 0.438. The molecule has 0 atom stereocenters. The Bertz CT molecular complexity index is 570. The van der Waals surface area contributed by atoms with Gasteiger partial charge >= 0.3 is 0 Å². The third kappa shape index (κ3) is 4.15. The summed E-state index contributed by atoms with van der Waals surface area (Å²) in [6, 6.07) is 8.19. The Morgan fingerprint density at radius 2 is 2.00 bits per heavy atom. The Morgan fingerprint density at radius 1 is 1.19 bits per heavy atom. The molecule has 21 heavy (non-hydrogen) atoms. The normalized spacial score (nSPS) is 10.4.